The van der Waals surface area contributed by atoms with E-state index in [1.807, 2.05) is 31.2 Å². The number of halogens is 2. The highest BCUT2D eigenvalue weighted by molar-refractivity contribution is 6.51. The number of nitrogens with zero attached hydrogens (tertiary/aromatic N) is 2. The van der Waals surface area contributed by atoms with Gasteiger partial charge in [-0.3, -0.25) is 14.5 Å². The second-order valence-electron chi connectivity index (χ2n) is 7.72. The Balaban J connectivity index is 1.96. The summed E-state index contributed by atoms with van der Waals surface area (Å²) in [6.07, 6.45) is 0. The topological polar surface area (TPSA) is 90.6 Å². The molecule has 6 nitrogen and oxygen atoms in total. The van der Waals surface area contributed by atoms with E-state index in [2.05, 4.69) is 0 Å². The molecule has 0 radical (unpaired) electrons. The van der Waals surface area contributed by atoms with Crippen molar-refractivity contribution in [1.82, 2.24) is 0 Å². The van der Waals surface area contributed by atoms with Gasteiger partial charge in [0.2, 0.25) is 0 Å². The van der Waals surface area contributed by atoms with Crippen molar-refractivity contribution in [2.45, 2.75) is 13.0 Å². The van der Waals surface area contributed by atoms with Crippen LogP contribution in [0.1, 0.15) is 28.3 Å². The molecule has 1 saturated heterocycles. The fourth-order valence-electron chi connectivity index (χ4n) is 4.00. The Labute approximate surface area is 206 Å². The first kappa shape index (κ1) is 23.4. The van der Waals surface area contributed by atoms with E-state index in [0.29, 0.717) is 16.8 Å². The number of carbonyl (C=O) groups is 2. The van der Waals surface area contributed by atoms with E-state index in [-0.39, 0.29) is 26.9 Å². The molecule has 8 heteroatoms. The summed E-state index contributed by atoms with van der Waals surface area (Å²) in [6.45, 7) is 1.89. The standard InChI is InChI=1S/C26H18Cl2N2O4/c1-14-4-3-5-16(10-14)22-21(23(31)17-11-19(27)25(34-2)20(28)12-17)24(32)26(33)30(22)18-8-6-15(13-29)7-9-18/h3-12,22,31H,1-2H3/b23-21+. The summed E-state index contributed by atoms with van der Waals surface area (Å²) >= 11 is 12.5. The number of carbonyl (C=O) groups excluding carboxylic acids is 2. The van der Waals surface area contributed by atoms with E-state index in [1.165, 1.54) is 24.1 Å². The van der Waals surface area contributed by atoms with Gasteiger partial charge in [0.1, 0.15) is 5.76 Å². The van der Waals surface area contributed by atoms with Gasteiger partial charge >= 0.3 is 0 Å². The van der Waals surface area contributed by atoms with Crippen LogP contribution in [0.25, 0.3) is 5.76 Å². The molecule has 1 N–H and O–H groups in total. The van der Waals surface area contributed by atoms with Gasteiger partial charge in [0.15, 0.2) is 5.75 Å². The lowest BCUT2D eigenvalue weighted by Crippen LogP contribution is -2.29. The van der Waals surface area contributed by atoms with Crippen LogP contribution in [-0.2, 0) is 9.59 Å². The van der Waals surface area contributed by atoms with E-state index in [9.17, 15) is 14.7 Å². The molecule has 1 heterocycles. The zero-order chi connectivity index (χ0) is 24.6. The molecule has 3 aromatic rings. The fourth-order valence-corrected chi connectivity index (χ4v) is 4.64. The zero-order valence-electron chi connectivity index (χ0n) is 18.2. The fraction of sp³-hybridized carbons (Fsp3) is 0.115. The molecular weight excluding hydrogens is 475 g/mol. The lowest BCUT2D eigenvalue weighted by molar-refractivity contribution is -0.132. The van der Waals surface area contributed by atoms with Crippen LogP contribution in [0.2, 0.25) is 10.0 Å². The minimum atomic E-state index is -0.910. The van der Waals surface area contributed by atoms with Crippen LogP contribution in [-0.4, -0.2) is 23.9 Å². The van der Waals surface area contributed by atoms with Gasteiger partial charge in [-0.1, -0.05) is 53.0 Å². The highest BCUT2D eigenvalue weighted by Gasteiger charge is 2.47. The average molecular weight is 493 g/mol. The van der Waals surface area contributed by atoms with Crippen LogP contribution in [0, 0.1) is 18.3 Å². The molecular formula is C26H18Cl2N2O4. The summed E-state index contributed by atoms with van der Waals surface area (Å²) in [5, 5.41) is 20.7. The normalized spacial score (nSPS) is 17.0. The molecule has 3 aromatic carbocycles. The molecule has 170 valence electrons. The summed E-state index contributed by atoms with van der Waals surface area (Å²) in [5.41, 5.74) is 2.45. The molecule has 1 unspecified atom stereocenters. The number of hydrogen-bond donors (Lipinski definition) is 1. The minimum Gasteiger partial charge on any atom is -0.507 e. The number of ketones is 1. The Morgan fingerprint density at radius 2 is 1.71 bits per heavy atom. The van der Waals surface area contributed by atoms with Gasteiger partial charge in [-0.15, -0.1) is 0 Å². The van der Waals surface area contributed by atoms with Gasteiger partial charge in [0.25, 0.3) is 11.7 Å². The first-order valence-electron chi connectivity index (χ1n) is 10.2. The Bertz CT molecular complexity index is 1370. The lowest BCUT2D eigenvalue weighted by Gasteiger charge is -2.25. The van der Waals surface area contributed by atoms with Crippen molar-refractivity contribution in [3.63, 3.8) is 0 Å². The molecule has 1 atom stereocenters. The van der Waals surface area contributed by atoms with Crippen molar-refractivity contribution < 1.29 is 19.4 Å². The molecule has 4 rings (SSSR count). The van der Waals surface area contributed by atoms with Crippen LogP contribution < -0.4 is 9.64 Å². The molecule has 0 spiro atoms. The molecule has 0 saturated carbocycles. The molecule has 0 bridgehead atoms. The zero-order valence-corrected chi connectivity index (χ0v) is 19.7. The van der Waals surface area contributed by atoms with E-state index in [4.69, 9.17) is 33.2 Å². The van der Waals surface area contributed by atoms with Crippen LogP contribution in [0.3, 0.4) is 0 Å². The largest absolute Gasteiger partial charge is 0.507 e. The van der Waals surface area contributed by atoms with Crippen molar-refractivity contribution >= 4 is 46.3 Å². The second-order valence-corrected chi connectivity index (χ2v) is 8.53. The molecule has 0 aliphatic carbocycles. The third-order valence-corrected chi connectivity index (χ3v) is 6.11. The minimum absolute atomic E-state index is 0.0998. The number of amides is 1. The SMILES string of the molecule is COc1c(Cl)cc(/C(O)=C2\C(=O)C(=O)N(c3ccc(C#N)cc3)C2c2cccc(C)c2)cc1Cl. The average Bonchev–Trinajstić information content (AvgIpc) is 3.09. The maximum Gasteiger partial charge on any atom is 0.300 e. The van der Waals surface area contributed by atoms with Crippen molar-refractivity contribution in [3.8, 4) is 11.8 Å². The van der Waals surface area contributed by atoms with Gasteiger partial charge in [-0.25, -0.2) is 0 Å². The summed E-state index contributed by atoms with van der Waals surface area (Å²) in [5.74, 6) is -1.83. The number of Topliss-reactive ketones (excluding diaryl/α,β-unsaturated/α-hetero) is 1. The molecule has 1 aliphatic heterocycles. The Morgan fingerprint density at radius 3 is 2.26 bits per heavy atom. The molecule has 1 aliphatic rings. The number of nitriles is 1. The highest BCUT2D eigenvalue weighted by Crippen LogP contribution is 2.44. The van der Waals surface area contributed by atoms with Crippen LogP contribution in [0.5, 0.6) is 5.75 Å². The summed E-state index contributed by atoms with van der Waals surface area (Å²) in [7, 11) is 1.41. The van der Waals surface area contributed by atoms with Gasteiger partial charge in [-0.05, 0) is 48.9 Å². The Morgan fingerprint density at radius 1 is 1.06 bits per heavy atom. The number of rotatable bonds is 4. The van der Waals surface area contributed by atoms with E-state index >= 15 is 0 Å². The van der Waals surface area contributed by atoms with Crippen molar-refractivity contribution in [2.75, 3.05) is 12.0 Å². The second kappa shape index (κ2) is 9.22. The summed E-state index contributed by atoms with van der Waals surface area (Å²) in [6, 6.07) is 17.6. The monoisotopic (exact) mass is 492 g/mol. The molecule has 1 amide bonds. The van der Waals surface area contributed by atoms with Gasteiger partial charge in [0.05, 0.1) is 40.4 Å². The van der Waals surface area contributed by atoms with Crippen molar-refractivity contribution in [1.29, 1.82) is 5.26 Å². The number of aryl methyl sites for hydroxylation is 1. The Hall–Kier alpha value is -3.79. The smallest absolute Gasteiger partial charge is 0.300 e. The van der Waals surface area contributed by atoms with E-state index in [1.54, 1.807) is 30.3 Å². The maximum atomic E-state index is 13.2. The number of ether oxygens (including phenoxy) is 1. The van der Waals surface area contributed by atoms with E-state index in [0.717, 1.165) is 5.56 Å². The third kappa shape index (κ3) is 4.01. The quantitative estimate of drug-likeness (QED) is 0.282. The third-order valence-electron chi connectivity index (χ3n) is 5.55. The van der Waals surface area contributed by atoms with Crippen LogP contribution >= 0.6 is 23.2 Å². The van der Waals surface area contributed by atoms with Crippen LogP contribution in [0.15, 0.2) is 66.2 Å². The van der Waals surface area contributed by atoms with Gasteiger partial charge < -0.3 is 9.84 Å². The molecule has 1 fully saturated rings. The van der Waals surface area contributed by atoms with Crippen molar-refractivity contribution in [2.24, 2.45) is 0 Å². The van der Waals surface area contributed by atoms with Gasteiger partial charge in [0, 0.05) is 11.3 Å². The van der Waals surface area contributed by atoms with Crippen molar-refractivity contribution in [3.05, 3.63) is 98.5 Å². The number of aliphatic hydroxyl groups is 1. The number of benzene rings is 3. The van der Waals surface area contributed by atoms with E-state index < -0.39 is 23.5 Å². The number of hydrogen-bond acceptors (Lipinski definition) is 5. The number of methoxy groups -OCH3 is 1. The number of anilines is 1. The van der Waals surface area contributed by atoms with Gasteiger partial charge in [-0.2, -0.15) is 5.26 Å². The van der Waals surface area contributed by atoms with Crippen LogP contribution in [0.4, 0.5) is 5.69 Å². The molecule has 0 aromatic heterocycles. The first-order valence-corrected chi connectivity index (χ1v) is 10.9. The predicted molar refractivity (Wildman–Crippen MR) is 130 cm³/mol. The lowest BCUT2D eigenvalue weighted by atomic mass is 9.94. The number of aliphatic hydroxyl groups excluding tert-OH is 1. The predicted octanol–water partition coefficient (Wildman–Crippen LogP) is 5.81. The summed E-state index contributed by atoms with van der Waals surface area (Å²) in [4.78, 5) is 27.8. The Kier molecular flexibility index (Phi) is 6.34. The maximum absolute atomic E-state index is 13.2. The highest BCUT2D eigenvalue weighted by atomic mass is 35.5. The summed E-state index contributed by atoms with van der Waals surface area (Å²) < 4.78 is 5.16. The molecule has 34 heavy (non-hydrogen) atoms. The first-order chi connectivity index (χ1) is 16.3.